The number of hydrogen-bond donors (Lipinski definition) is 1. The quantitative estimate of drug-likeness (QED) is 0.475. The molecule has 1 aliphatic heterocycles. The van der Waals surface area contributed by atoms with Gasteiger partial charge in [0.2, 0.25) is 5.91 Å². The van der Waals surface area contributed by atoms with Gasteiger partial charge in [-0.05, 0) is 71.6 Å². The Morgan fingerprint density at radius 1 is 1.03 bits per heavy atom. The molecule has 0 aliphatic carbocycles. The molecule has 2 amide bonds. The number of rotatable bonds is 7. The fraction of sp³-hybridized carbons (Fsp3) is 0.600. The maximum atomic E-state index is 13.0. The van der Waals surface area contributed by atoms with Crippen molar-refractivity contribution in [1.82, 2.24) is 5.32 Å². The first-order valence-corrected chi connectivity index (χ1v) is 11.4. The summed E-state index contributed by atoms with van der Waals surface area (Å²) in [5.74, 6) is -1.11. The third kappa shape index (κ3) is 8.35. The van der Waals surface area contributed by atoms with Crippen LogP contribution in [0.2, 0.25) is 0 Å². The summed E-state index contributed by atoms with van der Waals surface area (Å²) >= 11 is 0. The topological polar surface area (TPSA) is 111 Å². The average Bonchev–Trinajstić information content (AvgIpc) is 3.11. The monoisotopic (exact) mass is 476 g/mol. The number of nitrogens with zero attached hydrogens (tertiary/aromatic N) is 1. The molecule has 0 saturated carbocycles. The summed E-state index contributed by atoms with van der Waals surface area (Å²) in [5, 5.41) is 2.54. The number of ether oxygens (including phenoxy) is 3. The molecule has 1 aromatic carbocycles. The molecule has 34 heavy (non-hydrogen) atoms. The fourth-order valence-electron chi connectivity index (χ4n) is 3.54. The minimum absolute atomic E-state index is 0.0308. The average molecular weight is 477 g/mol. The number of carbonyl (C=O) groups is 4. The van der Waals surface area contributed by atoms with Gasteiger partial charge in [0.15, 0.2) is 0 Å². The van der Waals surface area contributed by atoms with Crippen LogP contribution in [0.3, 0.4) is 0 Å². The van der Waals surface area contributed by atoms with Crippen molar-refractivity contribution in [1.29, 1.82) is 0 Å². The number of alkyl carbamates (subject to hydrolysis) is 1. The van der Waals surface area contributed by atoms with Gasteiger partial charge in [0, 0.05) is 18.7 Å². The minimum atomic E-state index is -1.03. The second-order valence-corrected chi connectivity index (χ2v) is 10.3. The predicted octanol–water partition coefficient (Wildman–Crippen LogP) is 3.31. The number of carbonyl (C=O) groups excluding carboxylic acids is 4. The number of methoxy groups -OCH3 is 1. The number of fused-ring (bicyclic) bond motifs is 1. The van der Waals surface area contributed by atoms with Gasteiger partial charge in [0.25, 0.3) is 0 Å². The van der Waals surface area contributed by atoms with Crippen molar-refractivity contribution in [3.8, 4) is 0 Å². The Hall–Kier alpha value is -3.10. The molecule has 0 bridgehead atoms. The molecule has 9 heteroatoms. The van der Waals surface area contributed by atoms with Crippen LogP contribution in [0.5, 0.6) is 0 Å². The van der Waals surface area contributed by atoms with Crippen LogP contribution < -0.4 is 10.2 Å². The van der Waals surface area contributed by atoms with Gasteiger partial charge in [0.05, 0.1) is 13.5 Å². The molecule has 1 aromatic rings. The second kappa shape index (κ2) is 10.9. The van der Waals surface area contributed by atoms with Crippen LogP contribution in [0.15, 0.2) is 18.2 Å². The largest absolute Gasteiger partial charge is 0.469 e. The standard InChI is InChI=1S/C25H36N2O7/c1-24(2,3)33-22(30)18(26-23(31)34-25(4,5)6)9-11-20(28)27-13-12-17-14-16(8-10-19(17)27)15-21(29)32-7/h8,10,14,18H,9,11-13,15H2,1-7H3,(H,26,31). The zero-order valence-electron chi connectivity index (χ0n) is 21.1. The molecule has 9 nitrogen and oxygen atoms in total. The summed E-state index contributed by atoms with van der Waals surface area (Å²) in [4.78, 5) is 51.1. The summed E-state index contributed by atoms with van der Waals surface area (Å²) in [7, 11) is 1.35. The Morgan fingerprint density at radius 3 is 2.26 bits per heavy atom. The van der Waals surface area contributed by atoms with Crippen molar-refractivity contribution in [2.24, 2.45) is 0 Å². The van der Waals surface area contributed by atoms with E-state index in [-0.39, 0.29) is 31.1 Å². The molecule has 0 fully saturated rings. The zero-order valence-corrected chi connectivity index (χ0v) is 21.1. The maximum absolute atomic E-state index is 13.0. The zero-order chi connectivity index (χ0) is 25.7. The predicted molar refractivity (Wildman–Crippen MR) is 126 cm³/mol. The van der Waals surface area contributed by atoms with E-state index in [2.05, 4.69) is 5.32 Å². The molecule has 0 aromatic heterocycles. The summed E-state index contributed by atoms with van der Waals surface area (Å²) in [6.45, 7) is 10.9. The van der Waals surface area contributed by atoms with Gasteiger partial charge >= 0.3 is 18.0 Å². The minimum Gasteiger partial charge on any atom is -0.469 e. The van der Waals surface area contributed by atoms with Crippen LogP contribution in [-0.2, 0) is 41.4 Å². The molecule has 0 spiro atoms. The molecule has 0 radical (unpaired) electrons. The molecule has 1 heterocycles. The van der Waals surface area contributed by atoms with Crippen molar-refractivity contribution in [3.05, 3.63) is 29.3 Å². The molecule has 1 atom stereocenters. The van der Waals surface area contributed by atoms with Crippen LogP contribution in [0.25, 0.3) is 0 Å². The molecule has 1 unspecified atom stereocenters. The number of benzene rings is 1. The van der Waals surface area contributed by atoms with E-state index < -0.39 is 29.3 Å². The highest BCUT2D eigenvalue weighted by atomic mass is 16.6. The van der Waals surface area contributed by atoms with Crippen LogP contribution in [-0.4, -0.2) is 54.8 Å². The van der Waals surface area contributed by atoms with Gasteiger partial charge in [-0.15, -0.1) is 0 Å². The number of nitrogens with one attached hydrogen (secondary N) is 1. The molecular formula is C25H36N2O7. The molecule has 188 valence electrons. The highest BCUT2D eigenvalue weighted by Crippen LogP contribution is 2.30. The highest BCUT2D eigenvalue weighted by molar-refractivity contribution is 5.96. The summed E-state index contributed by atoms with van der Waals surface area (Å²) in [6, 6.07) is 4.51. The lowest BCUT2D eigenvalue weighted by atomic mass is 10.1. The lowest BCUT2D eigenvalue weighted by Crippen LogP contribution is -2.46. The lowest BCUT2D eigenvalue weighted by molar-refractivity contribution is -0.157. The van der Waals surface area contributed by atoms with Gasteiger partial charge in [-0.25, -0.2) is 9.59 Å². The van der Waals surface area contributed by atoms with Crippen molar-refractivity contribution >= 4 is 29.6 Å². The summed E-state index contributed by atoms with van der Waals surface area (Å²) in [6.07, 6.45) is 0.191. The van der Waals surface area contributed by atoms with Crippen LogP contribution in [0, 0.1) is 0 Å². The third-order valence-electron chi connectivity index (χ3n) is 4.95. The summed E-state index contributed by atoms with van der Waals surface area (Å²) in [5.41, 5.74) is 1.11. The number of amides is 2. The highest BCUT2D eigenvalue weighted by Gasteiger charge is 2.31. The van der Waals surface area contributed by atoms with Crippen molar-refractivity contribution < 1.29 is 33.4 Å². The number of esters is 2. The second-order valence-electron chi connectivity index (χ2n) is 10.3. The van der Waals surface area contributed by atoms with Gasteiger partial charge < -0.3 is 24.4 Å². The van der Waals surface area contributed by atoms with E-state index in [1.54, 1.807) is 52.5 Å². The first-order valence-electron chi connectivity index (χ1n) is 11.4. The normalized spacial score (nSPS) is 14.1. The lowest BCUT2D eigenvalue weighted by Gasteiger charge is -2.26. The molecule has 0 saturated heterocycles. The Balaban J connectivity index is 2.07. The Kier molecular flexibility index (Phi) is 8.69. The summed E-state index contributed by atoms with van der Waals surface area (Å²) < 4.78 is 15.4. The molecular weight excluding hydrogens is 440 g/mol. The van der Waals surface area contributed by atoms with Crippen LogP contribution in [0.1, 0.15) is 65.5 Å². The third-order valence-corrected chi connectivity index (χ3v) is 4.95. The van der Waals surface area contributed by atoms with Gasteiger partial charge in [-0.3, -0.25) is 9.59 Å². The number of hydrogen-bond acceptors (Lipinski definition) is 7. The Morgan fingerprint density at radius 2 is 1.68 bits per heavy atom. The maximum Gasteiger partial charge on any atom is 0.408 e. The fourth-order valence-corrected chi connectivity index (χ4v) is 3.54. The Bertz CT molecular complexity index is 928. The van der Waals surface area contributed by atoms with Crippen molar-refractivity contribution in [3.63, 3.8) is 0 Å². The van der Waals surface area contributed by atoms with Crippen molar-refractivity contribution in [2.75, 3.05) is 18.6 Å². The van der Waals surface area contributed by atoms with Crippen LogP contribution >= 0.6 is 0 Å². The van der Waals surface area contributed by atoms with Crippen molar-refractivity contribution in [2.45, 2.75) is 84.5 Å². The SMILES string of the molecule is COC(=O)Cc1ccc2c(c1)CCN2C(=O)CCC(NC(=O)OC(C)(C)C)C(=O)OC(C)(C)C. The van der Waals surface area contributed by atoms with E-state index in [0.717, 1.165) is 16.8 Å². The Labute approximate surface area is 201 Å². The first kappa shape index (κ1) is 27.1. The van der Waals surface area contributed by atoms with Gasteiger partial charge in [0.1, 0.15) is 17.2 Å². The molecule has 1 aliphatic rings. The van der Waals surface area contributed by atoms with E-state index in [1.165, 1.54) is 7.11 Å². The van der Waals surface area contributed by atoms with Gasteiger partial charge in [-0.2, -0.15) is 0 Å². The van der Waals surface area contributed by atoms with E-state index >= 15 is 0 Å². The van der Waals surface area contributed by atoms with Crippen LogP contribution in [0.4, 0.5) is 10.5 Å². The van der Waals surface area contributed by atoms with Gasteiger partial charge in [-0.1, -0.05) is 12.1 Å². The van der Waals surface area contributed by atoms with E-state index in [9.17, 15) is 19.2 Å². The molecule has 1 N–H and O–H groups in total. The van der Waals surface area contributed by atoms with E-state index in [1.807, 2.05) is 12.1 Å². The van der Waals surface area contributed by atoms with E-state index in [4.69, 9.17) is 14.2 Å². The number of anilines is 1. The smallest absolute Gasteiger partial charge is 0.408 e. The first-order chi connectivity index (χ1) is 15.7. The molecule has 2 rings (SSSR count). The van der Waals surface area contributed by atoms with E-state index in [0.29, 0.717) is 13.0 Å².